The number of benzene rings is 3. The van der Waals surface area contributed by atoms with Crippen LogP contribution in [0.5, 0.6) is 5.75 Å². The first-order chi connectivity index (χ1) is 15.0. The Labute approximate surface area is 182 Å². The minimum absolute atomic E-state index is 0.272. The number of fused-ring (bicyclic) bond motifs is 1. The van der Waals surface area contributed by atoms with Gasteiger partial charge in [-0.3, -0.25) is 9.59 Å². The van der Waals surface area contributed by atoms with Gasteiger partial charge in [0, 0.05) is 35.7 Å². The quantitative estimate of drug-likeness (QED) is 0.575. The van der Waals surface area contributed by atoms with Gasteiger partial charge in [0.15, 0.2) is 0 Å². The molecule has 1 aliphatic rings. The van der Waals surface area contributed by atoms with Crippen LogP contribution in [-0.4, -0.2) is 21.2 Å². The Hall–Kier alpha value is -3.42. The first kappa shape index (κ1) is 20.8. The SMILES string of the molecule is CC(=O)O[SiH](OC(C)=O)c1ccc2c(c1)COC(c1ccccc1)(c1ccccc1)O2. The highest BCUT2D eigenvalue weighted by molar-refractivity contribution is 6.64. The van der Waals surface area contributed by atoms with Gasteiger partial charge in [-0.1, -0.05) is 66.7 Å². The maximum absolute atomic E-state index is 11.5. The largest absolute Gasteiger partial charge is 0.484 e. The van der Waals surface area contributed by atoms with Gasteiger partial charge in [0.25, 0.3) is 17.7 Å². The van der Waals surface area contributed by atoms with Crippen LogP contribution in [-0.2, 0) is 35.6 Å². The number of hydrogen-bond donors (Lipinski definition) is 0. The van der Waals surface area contributed by atoms with Gasteiger partial charge < -0.3 is 18.3 Å². The highest BCUT2D eigenvalue weighted by atomic mass is 28.3. The van der Waals surface area contributed by atoms with Gasteiger partial charge in [-0.2, -0.15) is 0 Å². The summed E-state index contributed by atoms with van der Waals surface area (Å²) >= 11 is 0. The molecule has 0 aromatic heterocycles. The summed E-state index contributed by atoms with van der Waals surface area (Å²) in [5, 5.41) is 0.656. The van der Waals surface area contributed by atoms with Crippen LogP contribution in [0.1, 0.15) is 30.5 Å². The molecule has 4 rings (SSSR count). The predicted molar refractivity (Wildman–Crippen MR) is 116 cm³/mol. The Balaban J connectivity index is 1.72. The molecule has 0 amide bonds. The standard InChI is InChI=1S/C24H22O6Si/c1-17(25)29-31(30-18(2)26)22-13-14-23-19(15-22)16-27-24(28-23,20-9-5-3-6-10-20)21-11-7-4-8-12-21/h3-15,31H,16H2,1-2H3. The van der Waals surface area contributed by atoms with Gasteiger partial charge in [-0.25, -0.2) is 0 Å². The van der Waals surface area contributed by atoms with E-state index in [4.69, 9.17) is 18.3 Å². The van der Waals surface area contributed by atoms with Crippen LogP contribution in [0.2, 0.25) is 0 Å². The van der Waals surface area contributed by atoms with Crippen molar-refractivity contribution in [1.82, 2.24) is 0 Å². The average molecular weight is 435 g/mol. The highest BCUT2D eigenvalue weighted by Crippen LogP contribution is 2.41. The second-order valence-electron chi connectivity index (χ2n) is 7.16. The monoisotopic (exact) mass is 434 g/mol. The van der Waals surface area contributed by atoms with Gasteiger partial charge in [-0.15, -0.1) is 0 Å². The molecule has 0 saturated heterocycles. The van der Waals surface area contributed by atoms with E-state index >= 15 is 0 Å². The summed E-state index contributed by atoms with van der Waals surface area (Å²) in [7, 11) is -2.72. The Bertz CT molecular complexity index is 1030. The van der Waals surface area contributed by atoms with E-state index in [0.29, 0.717) is 10.9 Å². The van der Waals surface area contributed by atoms with Crippen LogP contribution < -0.4 is 9.92 Å². The minimum Gasteiger partial charge on any atom is -0.484 e. The number of hydrogen-bond acceptors (Lipinski definition) is 6. The maximum atomic E-state index is 11.5. The molecule has 1 heterocycles. The number of carbonyl (C=O) groups excluding carboxylic acids is 2. The van der Waals surface area contributed by atoms with Crippen molar-refractivity contribution in [3.05, 3.63) is 95.6 Å². The van der Waals surface area contributed by atoms with E-state index in [0.717, 1.165) is 16.7 Å². The number of rotatable bonds is 5. The molecule has 3 aromatic rings. The first-order valence-corrected chi connectivity index (χ1v) is 11.4. The Morgan fingerprint density at radius 3 is 1.90 bits per heavy atom. The molecule has 0 spiro atoms. The predicted octanol–water partition coefficient (Wildman–Crippen LogP) is 3.05. The summed E-state index contributed by atoms with van der Waals surface area (Å²) in [6.45, 7) is 2.86. The molecule has 0 saturated carbocycles. The topological polar surface area (TPSA) is 71.1 Å². The van der Waals surface area contributed by atoms with Gasteiger partial charge in [0.05, 0.1) is 6.61 Å². The van der Waals surface area contributed by atoms with Crippen LogP contribution >= 0.6 is 0 Å². The smallest absolute Gasteiger partial charge is 0.483 e. The van der Waals surface area contributed by atoms with Crippen LogP contribution in [0.15, 0.2) is 78.9 Å². The van der Waals surface area contributed by atoms with E-state index in [1.807, 2.05) is 66.7 Å². The molecule has 158 valence electrons. The molecule has 1 aliphatic heterocycles. The maximum Gasteiger partial charge on any atom is 0.483 e. The lowest BCUT2D eigenvalue weighted by atomic mass is 9.95. The van der Waals surface area contributed by atoms with Crippen molar-refractivity contribution in [2.24, 2.45) is 0 Å². The molecule has 0 fully saturated rings. The summed E-state index contributed by atoms with van der Waals surface area (Å²) in [6, 6.07) is 24.9. The van der Waals surface area contributed by atoms with E-state index in [2.05, 4.69) is 0 Å². The number of ether oxygens (including phenoxy) is 2. The van der Waals surface area contributed by atoms with Crippen molar-refractivity contribution >= 4 is 26.4 Å². The van der Waals surface area contributed by atoms with Crippen LogP contribution in [0, 0.1) is 0 Å². The van der Waals surface area contributed by atoms with Crippen molar-refractivity contribution in [3.63, 3.8) is 0 Å². The molecular weight excluding hydrogens is 412 g/mol. The third-order valence-corrected chi connectivity index (χ3v) is 6.89. The second kappa shape index (κ2) is 8.75. The fraction of sp³-hybridized carbons (Fsp3) is 0.167. The zero-order valence-electron chi connectivity index (χ0n) is 17.2. The minimum atomic E-state index is -2.72. The average Bonchev–Trinajstić information content (AvgIpc) is 2.78. The molecule has 0 aliphatic carbocycles. The third kappa shape index (κ3) is 4.37. The van der Waals surface area contributed by atoms with Gasteiger partial charge in [0.2, 0.25) is 0 Å². The van der Waals surface area contributed by atoms with Crippen LogP contribution in [0.3, 0.4) is 0 Å². The molecule has 0 unspecified atom stereocenters. The van der Waals surface area contributed by atoms with Gasteiger partial charge in [-0.05, 0) is 12.1 Å². The normalized spacial score (nSPS) is 14.3. The summed E-state index contributed by atoms with van der Waals surface area (Å²) in [6.07, 6.45) is 0. The van der Waals surface area contributed by atoms with Crippen molar-refractivity contribution in [3.8, 4) is 5.75 Å². The zero-order valence-corrected chi connectivity index (χ0v) is 18.4. The van der Waals surface area contributed by atoms with E-state index in [9.17, 15) is 9.59 Å². The highest BCUT2D eigenvalue weighted by Gasteiger charge is 2.42. The first-order valence-electron chi connectivity index (χ1n) is 9.89. The van der Waals surface area contributed by atoms with E-state index in [-0.39, 0.29) is 6.61 Å². The Morgan fingerprint density at radius 1 is 0.839 bits per heavy atom. The molecule has 3 aromatic carbocycles. The molecule has 0 atom stereocenters. The molecule has 7 heteroatoms. The van der Waals surface area contributed by atoms with Gasteiger partial charge >= 0.3 is 9.28 Å². The summed E-state index contributed by atoms with van der Waals surface area (Å²) in [5.41, 5.74) is 2.54. The fourth-order valence-electron chi connectivity index (χ4n) is 3.55. The molecular formula is C24H22O6Si. The third-order valence-electron chi connectivity index (χ3n) is 4.89. The fourth-order valence-corrected chi connectivity index (χ4v) is 5.06. The van der Waals surface area contributed by atoms with E-state index in [1.165, 1.54) is 13.8 Å². The van der Waals surface area contributed by atoms with Gasteiger partial charge in [0.1, 0.15) is 5.75 Å². The van der Waals surface area contributed by atoms with Crippen molar-refractivity contribution < 1.29 is 27.9 Å². The van der Waals surface area contributed by atoms with Crippen molar-refractivity contribution in [2.45, 2.75) is 26.2 Å². The summed E-state index contributed by atoms with van der Waals surface area (Å²) < 4.78 is 23.4. The van der Waals surface area contributed by atoms with Crippen molar-refractivity contribution in [2.75, 3.05) is 0 Å². The lowest BCUT2D eigenvalue weighted by molar-refractivity contribution is -0.184. The Morgan fingerprint density at radius 2 is 1.39 bits per heavy atom. The zero-order chi connectivity index (χ0) is 21.8. The van der Waals surface area contributed by atoms with Crippen LogP contribution in [0.25, 0.3) is 0 Å². The van der Waals surface area contributed by atoms with E-state index < -0.39 is 27.0 Å². The molecule has 0 N–H and O–H groups in total. The Kier molecular flexibility index (Phi) is 5.88. The van der Waals surface area contributed by atoms with E-state index in [1.54, 1.807) is 12.1 Å². The summed E-state index contributed by atoms with van der Waals surface area (Å²) in [5.74, 6) is -1.41. The summed E-state index contributed by atoms with van der Waals surface area (Å²) in [4.78, 5) is 22.9. The van der Waals surface area contributed by atoms with Crippen molar-refractivity contribution in [1.29, 1.82) is 0 Å². The molecule has 0 bridgehead atoms. The molecule has 31 heavy (non-hydrogen) atoms. The lowest BCUT2D eigenvalue weighted by Gasteiger charge is -2.39. The van der Waals surface area contributed by atoms with Crippen LogP contribution in [0.4, 0.5) is 0 Å². The lowest BCUT2D eigenvalue weighted by Crippen LogP contribution is -2.42. The molecule has 6 nitrogen and oxygen atoms in total. The molecule has 0 radical (unpaired) electrons. The second-order valence-corrected chi connectivity index (χ2v) is 8.96. The number of carbonyl (C=O) groups is 2.